The number of nitrogens with one attached hydrogen (secondary N) is 13. The van der Waals surface area contributed by atoms with Crippen LogP contribution < -0.4 is 81.4 Å². The van der Waals surface area contributed by atoms with Crippen LogP contribution in [0, 0.1) is 11.3 Å². The lowest BCUT2D eigenvalue weighted by Crippen LogP contribution is -2.62. The molecule has 46 heteroatoms. The fourth-order valence-corrected chi connectivity index (χ4v) is 18.7. The highest BCUT2D eigenvalue weighted by Gasteiger charge is 2.64. The number of nitrogens with zero attached hydrogens (tertiary/aromatic N) is 5. The van der Waals surface area contributed by atoms with Crippen LogP contribution in [-0.2, 0) is 106 Å². The molecule has 25 N–H and O–H groups in total. The molecule has 4 aliphatic rings. The standard InChI is InChI=1S/C88H122N22O22S2/c1-7-9-21-66-85(131)108(6)88(37-50(88)16-8-2)86(132)105-56(20-14-30-94-87(92)93)75(121)104-64(74(120)96-40-70(91)115)44-133-45-71(116)97-59(32-47-24-26-51(112)27-25-47)81(127)106(4)46(3)73(119)100-61(36-69(90)114)84(130)109-31-15-22-65(109)79(125)102-62(38-89)77(123)98-57(28-29-72(117)118)83(129)110-41-52(113)35-67(110)80(126)99-58(33-48-39-95-55-19-12-10-17-53(48)55)76(122)103-63(42-111)78(124)101-60(82(128)107(66)5)34-49-43-134-68-23-13-11-18-54(49)68/h10-13,17-19,23-27,39,43,46,50,52,56-67,95,111-113H,7-9,14-16,20-22,28-38,40-42,44-45,89H2,1-6H3,(H2,90,114)(H2,91,115)(H,96,120)(H,97,116)(H,98,123)(H,99,126)(H,100,119)(H,101,124)(H,102,125)(H,103,122)(H,104,121)(H,105,132)(H,117,118)(H4,92,93,94)/t46-,50+,52+,56-,57-,58-,59-,60-,61-,62-,63-,64-,65-,66-,67-,88?/m0/s1. The monoisotopic (exact) mass is 1900 g/mol. The number of thiophene rings is 1. The minimum Gasteiger partial charge on any atom is -0.508 e. The molecule has 728 valence electrons. The second kappa shape index (κ2) is 48.5. The number of thioether (sulfide) groups is 1. The van der Waals surface area contributed by atoms with Gasteiger partial charge in [-0.2, -0.15) is 0 Å². The third-order valence-corrected chi connectivity index (χ3v) is 26.5. The van der Waals surface area contributed by atoms with Gasteiger partial charge in [0.1, 0.15) is 89.8 Å². The van der Waals surface area contributed by atoms with Crippen molar-refractivity contribution < 1.29 is 107 Å². The van der Waals surface area contributed by atoms with Gasteiger partial charge in [-0.25, -0.2) is 0 Å². The lowest BCUT2D eigenvalue weighted by Gasteiger charge is -2.37. The number of aromatic nitrogens is 1. The normalized spacial score (nSPS) is 26.2. The second-order valence-electron chi connectivity index (χ2n) is 34.0. The van der Waals surface area contributed by atoms with Gasteiger partial charge in [-0.15, -0.1) is 23.1 Å². The Morgan fingerprint density at radius 1 is 0.597 bits per heavy atom. The maximum absolute atomic E-state index is 15.8. The number of aliphatic hydroxyl groups is 2. The number of carbonyl (C=O) groups is 18. The van der Waals surface area contributed by atoms with Gasteiger partial charge in [-0.1, -0.05) is 81.6 Å². The Labute approximate surface area is 780 Å². The number of aromatic amines is 1. The van der Waals surface area contributed by atoms with Gasteiger partial charge in [-0.3, -0.25) is 91.7 Å². The number of hydrogen-bond acceptors (Lipinski definition) is 25. The van der Waals surface area contributed by atoms with Crippen LogP contribution in [0.15, 0.2) is 84.4 Å². The predicted molar refractivity (Wildman–Crippen MR) is 490 cm³/mol. The molecule has 5 heterocycles. The number of primary amides is 2. The van der Waals surface area contributed by atoms with E-state index in [1.807, 2.05) is 19.9 Å². The highest BCUT2D eigenvalue weighted by molar-refractivity contribution is 8.00. The Balaban J connectivity index is 1.10. The maximum Gasteiger partial charge on any atom is 0.303 e. The van der Waals surface area contributed by atoms with E-state index < -0.39 is 272 Å². The number of likely N-dealkylation sites (N-methyl/N-ethyl adjacent to an activating group) is 3. The molecule has 1 spiro atoms. The van der Waals surface area contributed by atoms with E-state index in [4.69, 9.17) is 28.3 Å². The zero-order valence-corrected chi connectivity index (χ0v) is 77.1. The van der Waals surface area contributed by atoms with Crippen LogP contribution in [-0.4, -0.2) is 324 Å². The highest BCUT2D eigenvalue weighted by atomic mass is 32.2. The molecule has 1 aliphatic carbocycles. The third-order valence-electron chi connectivity index (χ3n) is 24.5. The largest absolute Gasteiger partial charge is 0.508 e. The number of aliphatic hydroxyl groups excluding tert-OH is 2. The molecule has 4 fully saturated rings. The van der Waals surface area contributed by atoms with E-state index in [1.165, 1.54) is 68.6 Å². The number of carbonyl (C=O) groups excluding carboxylic acids is 17. The first kappa shape index (κ1) is 105. The number of aromatic hydroxyl groups is 1. The third kappa shape index (κ3) is 27.3. The average Bonchev–Trinajstić information content (AvgIpc) is 1.56. The lowest BCUT2D eigenvalue weighted by atomic mass is 9.99. The molecule has 1 saturated carbocycles. The summed E-state index contributed by atoms with van der Waals surface area (Å²) in [6, 6.07) is -1.92. The molecule has 2 aromatic heterocycles. The Morgan fingerprint density at radius 3 is 1.88 bits per heavy atom. The van der Waals surface area contributed by atoms with Crippen LogP contribution >= 0.6 is 23.1 Å². The summed E-state index contributed by atoms with van der Waals surface area (Å²) in [5, 5.41) is 81.9. The van der Waals surface area contributed by atoms with Gasteiger partial charge < -0.3 is 131 Å². The molecule has 5 aromatic rings. The number of benzene rings is 3. The van der Waals surface area contributed by atoms with Crippen LogP contribution in [0.1, 0.15) is 127 Å². The summed E-state index contributed by atoms with van der Waals surface area (Å²) in [5.74, 6) is -20.7. The van der Waals surface area contributed by atoms with Crippen molar-refractivity contribution in [2.75, 3.05) is 72.0 Å². The number of guanidine groups is 1. The summed E-state index contributed by atoms with van der Waals surface area (Å²) < 4.78 is 0.794. The van der Waals surface area contributed by atoms with Gasteiger partial charge in [-0.05, 0) is 116 Å². The molecule has 3 aliphatic heterocycles. The number of nitrogens with two attached hydrogens (primary N) is 4. The van der Waals surface area contributed by atoms with Gasteiger partial charge in [0, 0.05) is 107 Å². The number of unbranched alkanes of at least 4 members (excludes halogenated alkanes) is 1. The number of phenols is 1. The molecular formula is C88H122N22O22S2. The smallest absolute Gasteiger partial charge is 0.303 e. The summed E-state index contributed by atoms with van der Waals surface area (Å²) in [6.07, 6.45) is -2.10. The van der Waals surface area contributed by atoms with Crippen molar-refractivity contribution in [3.05, 3.63) is 101 Å². The number of amides is 17. The van der Waals surface area contributed by atoms with Gasteiger partial charge >= 0.3 is 5.97 Å². The first-order valence-electron chi connectivity index (χ1n) is 44.4. The molecule has 3 aromatic carbocycles. The van der Waals surface area contributed by atoms with E-state index in [0.29, 0.717) is 58.7 Å². The van der Waals surface area contributed by atoms with Gasteiger partial charge in [0.05, 0.1) is 31.4 Å². The Hall–Kier alpha value is -13.1. The van der Waals surface area contributed by atoms with Gasteiger partial charge in [0.15, 0.2) is 5.96 Å². The number of carboxylic acid groups (broad SMARTS) is 1. The van der Waals surface area contributed by atoms with E-state index >= 15 is 38.4 Å². The molecule has 0 bridgehead atoms. The summed E-state index contributed by atoms with van der Waals surface area (Å²) in [5.41, 5.74) is 23.1. The van der Waals surface area contributed by atoms with Crippen molar-refractivity contribution >= 4 is 156 Å². The topological polar surface area (TPSA) is 680 Å². The SMILES string of the molecule is CCCC[C@H]1C(=O)N(C)C2(C[C@H]2CCC)C(=O)N[C@@H](CCCNC(=N)N)C(=O)N[C@H](C(=O)NCC(N)=O)CSCC(=O)N[C@@H](Cc2ccc(O)cc2)C(=O)N(C)[C@@H](C)C(=O)N[C@@H](CC(N)=O)C(=O)N2CCC[C@H]2C(=O)N[C@@H](CN)C(=O)N[C@@H](CCC(=O)O)C(=O)N2C[C@H](O)C[C@H]2C(=O)N[C@@H](Cc2c[nH]c3ccccc23)C(=O)N[C@@H](CO)C(=O)N[C@@H](Cc2csc3ccccc23)C(=O)N1C. The Kier molecular flexibility index (Phi) is 37.9. The molecule has 16 atom stereocenters. The fraction of sp³-hybridized carbons (Fsp3) is 0.534. The number of hydrogen-bond donors (Lipinski definition) is 21. The minimum absolute atomic E-state index is 0.0165. The lowest BCUT2D eigenvalue weighted by molar-refractivity contribution is -0.150. The Bertz CT molecular complexity index is 5160. The van der Waals surface area contributed by atoms with E-state index in [1.54, 1.807) is 54.0 Å². The zero-order valence-electron chi connectivity index (χ0n) is 75.4. The first-order valence-corrected chi connectivity index (χ1v) is 46.4. The number of rotatable bonds is 25. The number of fused-ring (bicyclic) bond motifs is 4. The summed E-state index contributed by atoms with van der Waals surface area (Å²) in [4.78, 5) is 270. The fourth-order valence-electron chi connectivity index (χ4n) is 16.9. The van der Waals surface area contributed by atoms with Crippen LogP contribution in [0.4, 0.5) is 0 Å². The van der Waals surface area contributed by atoms with Gasteiger partial charge in [0.2, 0.25) is 100 Å². The van der Waals surface area contributed by atoms with E-state index in [9.17, 15) is 68.4 Å². The van der Waals surface area contributed by atoms with Crippen LogP contribution in [0.5, 0.6) is 5.75 Å². The van der Waals surface area contributed by atoms with Crippen LogP contribution in [0.2, 0.25) is 0 Å². The molecule has 0 radical (unpaired) electrons. The van der Waals surface area contributed by atoms with E-state index in [2.05, 4.69) is 63.5 Å². The average molecular weight is 1900 g/mol. The van der Waals surface area contributed by atoms with E-state index in [-0.39, 0.29) is 76.6 Å². The number of para-hydroxylation sites is 1. The number of aliphatic carboxylic acids is 1. The molecule has 9 rings (SSSR count). The highest BCUT2D eigenvalue weighted by Crippen LogP contribution is 2.52. The van der Waals surface area contributed by atoms with Crippen molar-refractivity contribution in [1.82, 2.24) is 88.0 Å². The summed E-state index contributed by atoms with van der Waals surface area (Å²) in [7, 11) is 3.91. The molecule has 3 saturated heterocycles. The zero-order chi connectivity index (χ0) is 98.1. The van der Waals surface area contributed by atoms with Crippen molar-refractivity contribution in [2.24, 2.45) is 28.9 Å². The summed E-state index contributed by atoms with van der Waals surface area (Å²) in [6.45, 7) is 1.57. The minimum atomic E-state index is -1.93. The quantitative estimate of drug-likeness (QED) is 0.0149. The predicted octanol–water partition coefficient (Wildman–Crippen LogP) is -4.38. The molecular weight excluding hydrogens is 1780 g/mol. The van der Waals surface area contributed by atoms with Crippen molar-refractivity contribution in [3.63, 3.8) is 0 Å². The molecule has 1 unspecified atom stereocenters. The number of carboxylic acids is 1. The van der Waals surface area contributed by atoms with Crippen molar-refractivity contribution in [2.45, 2.75) is 220 Å². The van der Waals surface area contributed by atoms with E-state index in [0.717, 1.165) is 36.1 Å². The molecule has 44 nitrogen and oxygen atoms in total. The van der Waals surface area contributed by atoms with Crippen molar-refractivity contribution in [1.29, 1.82) is 5.41 Å². The van der Waals surface area contributed by atoms with Crippen molar-refractivity contribution in [3.8, 4) is 5.75 Å². The maximum atomic E-state index is 15.8. The van der Waals surface area contributed by atoms with Crippen LogP contribution in [0.25, 0.3) is 21.0 Å². The second-order valence-corrected chi connectivity index (χ2v) is 35.9. The Morgan fingerprint density at radius 2 is 1.21 bits per heavy atom. The molecule has 17 amide bonds. The first-order chi connectivity index (χ1) is 63.7. The number of H-pyrrole nitrogens is 1. The van der Waals surface area contributed by atoms with Crippen LogP contribution in [0.3, 0.4) is 0 Å². The summed E-state index contributed by atoms with van der Waals surface area (Å²) >= 11 is 2.08. The number of phenolic OH excluding ortho intramolecular Hbond substituents is 1. The van der Waals surface area contributed by atoms with Gasteiger partial charge in [0.25, 0.3) is 0 Å². The molecule has 134 heavy (non-hydrogen) atoms.